The van der Waals surface area contributed by atoms with Crippen molar-refractivity contribution >= 4 is 18.1 Å². The van der Waals surface area contributed by atoms with Gasteiger partial charge in [0.25, 0.3) is 5.91 Å². The lowest BCUT2D eigenvalue weighted by Gasteiger charge is -2.06. The minimum absolute atomic E-state index is 0.274. The molecule has 5 nitrogen and oxygen atoms in total. The highest BCUT2D eigenvalue weighted by atomic mass is 16.5. The summed E-state index contributed by atoms with van der Waals surface area (Å²) in [6, 6.07) is 21.4. The molecule has 0 aliphatic rings. The highest BCUT2D eigenvalue weighted by Gasteiger charge is 2.10. The smallest absolute Gasteiger partial charge is 0.343 e. The average molecular weight is 372 g/mol. The molecule has 0 aromatic heterocycles. The van der Waals surface area contributed by atoms with Crippen molar-refractivity contribution in [2.24, 2.45) is 5.10 Å². The number of benzene rings is 3. The fourth-order valence-corrected chi connectivity index (χ4v) is 2.60. The van der Waals surface area contributed by atoms with Crippen LogP contribution in [0.25, 0.3) is 0 Å². The van der Waals surface area contributed by atoms with Crippen LogP contribution in [0.3, 0.4) is 0 Å². The predicted octanol–water partition coefficient (Wildman–Crippen LogP) is 4.29. The number of rotatable bonds is 5. The van der Waals surface area contributed by atoms with Gasteiger partial charge in [0.05, 0.1) is 11.8 Å². The Labute approximate surface area is 163 Å². The number of amides is 1. The van der Waals surface area contributed by atoms with Crippen molar-refractivity contribution in [1.29, 1.82) is 0 Å². The summed E-state index contributed by atoms with van der Waals surface area (Å²) in [4.78, 5) is 24.3. The Morgan fingerprint density at radius 3 is 2.39 bits per heavy atom. The molecule has 0 fully saturated rings. The molecule has 1 amide bonds. The Hall–Kier alpha value is -3.73. The number of ether oxygens (including phenoxy) is 1. The highest BCUT2D eigenvalue weighted by molar-refractivity contribution is 5.95. The molecule has 0 unspecified atom stereocenters. The van der Waals surface area contributed by atoms with Crippen molar-refractivity contribution in [2.75, 3.05) is 0 Å². The zero-order chi connectivity index (χ0) is 19.9. The van der Waals surface area contributed by atoms with Gasteiger partial charge in [-0.15, -0.1) is 0 Å². The molecule has 0 saturated carbocycles. The fraction of sp³-hybridized carbons (Fsp3) is 0.0870. The van der Waals surface area contributed by atoms with Crippen molar-refractivity contribution < 1.29 is 14.3 Å². The number of carbonyl (C=O) groups is 2. The zero-order valence-electron chi connectivity index (χ0n) is 15.7. The molecular weight excluding hydrogens is 352 g/mol. The lowest BCUT2D eigenvalue weighted by Crippen LogP contribution is -2.17. The van der Waals surface area contributed by atoms with Gasteiger partial charge in [-0.25, -0.2) is 10.2 Å². The van der Waals surface area contributed by atoms with Crippen LogP contribution in [0, 0.1) is 13.8 Å². The van der Waals surface area contributed by atoms with E-state index < -0.39 is 5.97 Å². The highest BCUT2D eigenvalue weighted by Crippen LogP contribution is 2.15. The summed E-state index contributed by atoms with van der Waals surface area (Å²) in [5.74, 6) is -0.233. The molecule has 5 heteroatoms. The van der Waals surface area contributed by atoms with E-state index in [0.717, 1.165) is 16.7 Å². The molecule has 28 heavy (non-hydrogen) atoms. The molecule has 3 rings (SSSR count). The van der Waals surface area contributed by atoms with Gasteiger partial charge in [0.15, 0.2) is 0 Å². The Balaban J connectivity index is 1.58. The first-order valence-electron chi connectivity index (χ1n) is 8.81. The van der Waals surface area contributed by atoms with E-state index in [1.54, 1.807) is 48.5 Å². The third-order valence-corrected chi connectivity index (χ3v) is 4.12. The molecule has 3 aromatic carbocycles. The van der Waals surface area contributed by atoms with Crippen LogP contribution in [-0.4, -0.2) is 18.1 Å². The second kappa shape index (κ2) is 8.77. The van der Waals surface area contributed by atoms with Crippen molar-refractivity contribution in [3.05, 3.63) is 101 Å². The molecule has 0 atom stereocenters. The first kappa shape index (κ1) is 19.0. The van der Waals surface area contributed by atoms with Crippen molar-refractivity contribution in [3.8, 4) is 5.75 Å². The SMILES string of the molecule is Cc1cccc(C(=O)N/N=C\c2ccc(OC(=O)c3ccccc3C)cc2)c1. The van der Waals surface area contributed by atoms with E-state index in [1.165, 1.54) is 6.21 Å². The Bertz CT molecular complexity index is 1020. The number of nitrogens with zero attached hydrogens (tertiary/aromatic N) is 1. The quantitative estimate of drug-likeness (QED) is 0.314. The van der Waals surface area contributed by atoms with Gasteiger partial charge in [0.2, 0.25) is 0 Å². The maximum atomic E-state index is 12.2. The van der Waals surface area contributed by atoms with E-state index in [2.05, 4.69) is 10.5 Å². The summed E-state index contributed by atoms with van der Waals surface area (Å²) < 4.78 is 5.39. The minimum Gasteiger partial charge on any atom is -0.423 e. The summed E-state index contributed by atoms with van der Waals surface area (Å²) in [5.41, 5.74) is 6.21. The van der Waals surface area contributed by atoms with E-state index >= 15 is 0 Å². The third-order valence-electron chi connectivity index (χ3n) is 4.12. The summed E-state index contributed by atoms with van der Waals surface area (Å²) in [6.45, 7) is 3.79. The number of carbonyl (C=O) groups excluding carboxylic acids is 2. The summed E-state index contributed by atoms with van der Waals surface area (Å²) in [7, 11) is 0. The molecule has 0 heterocycles. The second-order valence-electron chi connectivity index (χ2n) is 6.34. The van der Waals surface area contributed by atoms with E-state index in [4.69, 9.17) is 4.74 Å². The maximum Gasteiger partial charge on any atom is 0.343 e. The van der Waals surface area contributed by atoms with Crippen LogP contribution in [0.4, 0.5) is 0 Å². The van der Waals surface area contributed by atoms with Crippen LogP contribution in [0.2, 0.25) is 0 Å². The maximum absolute atomic E-state index is 12.2. The Kier molecular flexibility index (Phi) is 5.97. The normalized spacial score (nSPS) is 10.6. The second-order valence-corrected chi connectivity index (χ2v) is 6.34. The lowest BCUT2D eigenvalue weighted by atomic mass is 10.1. The number of esters is 1. The van der Waals surface area contributed by atoms with Crippen LogP contribution < -0.4 is 10.2 Å². The molecule has 0 aliphatic carbocycles. The van der Waals surface area contributed by atoms with Crippen LogP contribution in [0.1, 0.15) is 37.4 Å². The Morgan fingerprint density at radius 2 is 1.68 bits per heavy atom. The number of nitrogens with one attached hydrogen (secondary N) is 1. The van der Waals surface area contributed by atoms with Gasteiger partial charge in [0.1, 0.15) is 5.75 Å². The molecule has 0 radical (unpaired) electrons. The van der Waals surface area contributed by atoms with E-state index in [9.17, 15) is 9.59 Å². The van der Waals surface area contributed by atoms with E-state index in [0.29, 0.717) is 16.9 Å². The van der Waals surface area contributed by atoms with Crippen LogP contribution in [0.15, 0.2) is 77.9 Å². The largest absolute Gasteiger partial charge is 0.423 e. The lowest BCUT2D eigenvalue weighted by molar-refractivity contribution is 0.0733. The number of hydrazone groups is 1. The first-order chi connectivity index (χ1) is 13.5. The van der Waals surface area contributed by atoms with Crippen molar-refractivity contribution in [3.63, 3.8) is 0 Å². The molecule has 0 spiro atoms. The molecule has 1 N–H and O–H groups in total. The summed E-state index contributed by atoms with van der Waals surface area (Å²) >= 11 is 0. The van der Waals surface area contributed by atoms with Gasteiger partial charge in [-0.2, -0.15) is 5.10 Å². The zero-order valence-corrected chi connectivity index (χ0v) is 15.7. The van der Waals surface area contributed by atoms with E-state index in [-0.39, 0.29) is 5.91 Å². The molecule has 3 aromatic rings. The fourth-order valence-electron chi connectivity index (χ4n) is 2.60. The first-order valence-corrected chi connectivity index (χ1v) is 8.81. The number of hydrogen-bond acceptors (Lipinski definition) is 4. The third kappa shape index (κ3) is 4.92. The summed E-state index contributed by atoms with van der Waals surface area (Å²) in [6.07, 6.45) is 1.53. The van der Waals surface area contributed by atoms with Crippen LogP contribution in [-0.2, 0) is 0 Å². The molecule has 0 bridgehead atoms. The van der Waals surface area contributed by atoms with Gasteiger partial charge in [-0.3, -0.25) is 4.79 Å². The van der Waals surface area contributed by atoms with Crippen LogP contribution >= 0.6 is 0 Å². The van der Waals surface area contributed by atoms with E-state index in [1.807, 2.05) is 38.1 Å². The standard InChI is InChI=1S/C23H20N2O3/c1-16-6-5-8-19(14-16)22(26)25-24-15-18-10-12-20(13-11-18)28-23(27)21-9-4-3-7-17(21)2/h3-15H,1-2H3,(H,25,26)/b24-15-. The van der Waals surface area contributed by atoms with Crippen molar-refractivity contribution in [2.45, 2.75) is 13.8 Å². The van der Waals surface area contributed by atoms with Gasteiger partial charge in [0, 0.05) is 5.56 Å². The Morgan fingerprint density at radius 1 is 0.929 bits per heavy atom. The molecular formula is C23H20N2O3. The minimum atomic E-state index is -0.398. The molecule has 140 valence electrons. The van der Waals surface area contributed by atoms with Crippen molar-refractivity contribution in [1.82, 2.24) is 5.43 Å². The monoisotopic (exact) mass is 372 g/mol. The number of aryl methyl sites for hydroxylation is 2. The van der Waals surface area contributed by atoms with Gasteiger partial charge >= 0.3 is 5.97 Å². The average Bonchev–Trinajstić information content (AvgIpc) is 2.69. The predicted molar refractivity (Wildman–Crippen MR) is 109 cm³/mol. The van der Waals surface area contributed by atoms with Gasteiger partial charge in [-0.05, 0) is 67.4 Å². The van der Waals surface area contributed by atoms with Gasteiger partial charge < -0.3 is 4.74 Å². The summed E-state index contributed by atoms with van der Waals surface area (Å²) in [5, 5.41) is 3.97. The molecule has 0 saturated heterocycles. The number of hydrogen-bond donors (Lipinski definition) is 1. The van der Waals surface area contributed by atoms with Gasteiger partial charge in [-0.1, -0.05) is 35.9 Å². The van der Waals surface area contributed by atoms with Crippen LogP contribution in [0.5, 0.6) is 5.75 Å². The molecule has 0 aliphatic heterocycles. The topological polar surface area (TPSA) is 67.8 Å².